The lowest BCUT2D eigenvalue weighted by Crippen LogP contribution is -2.43. The van der Waals surface area contributed by atoms with E-state index in [1.165, 1.54) is 19.5 Å². The molecule has 142 valence electrons. The minimum absolute atomic E-state index is 0.0736. The van der Waals surface area contributed by atoms with Gasteiger partial charge in [0.2, 0.25) is 0 Å². The Morgan fingerprint density at radius 2 is 2.04 bits per heavy atom. The van der Waals surface area contributed by atoms with Crippen molar-refractivity contribution in [1.82, 2.24) is 14.9 Å². The van der Waals surface area contributed by atoms with Gasteiger partial charge in [-0.1, -0.05) is 19.1 Å². The fraction of sp³-hybridized carbons (Fsp3) is 0.400. The maximum atomic E-state index is 12.8. The van der Waals surface area contributed by atoms with Crippen molar-refractivity contribution < 1.29 is 14.3 Å². The van der Waals surface area contributed by atoms with Crippen molar-refractivity contribution >= 4 is 23.4 Å². The summed E-state index contributed by atoms with van der Waals surface area (Å²) in [6, 6.07) is 7.26. The van der Waals surface area contributed by atoms with Crippen molar-refractivity contribution in [3.05, 3.63) is 47.9 Å². The molecule has 27 heavy (non-hydrogen) atoms. The maximum absolute atomic E-state index is 12.8. The van der Waals surface area contributed by atoms with E-state index in [1.54, 1.807) is 24.3 Å². The first-order chi connectivity index (χ1) is 13.1. The van der Waals surface area contributed by atoms with Crippen LogP contribution in [0.3, 0.4) is 0 Å². The molecule has 2 aromatic rings. The molecule has 1 N–H and O–H groups in total. The number of methoxy groups -OCH3 is 1. The number of hydrogen-bond acceptors (Lipinski definition) is 6. The van der Waals surface area contributed by atoms with E-state index in [9.17, 15) is 9.59 Å². The summed E-state index contributed by atoms with van der Waals surface area (Å²) in [7, 11) is 1.34. The van der Waals surface area contributed by atoms with Crippen molar-refractivity contribution in [1.29, 1.82) is 0 Å². The molecule has 7 heteroatoms. The maximum Gasteiger partial charge on any atom is 0.339 e. The molecule has 1 aliphatic rings. The summed E-state index contributed by atoms with van der Waals surface area (Å²) >= 11 is 0. The molecule has 1 aromatic heterocycles. The second-order valence-corrected chi connectivity index (χ2v) is 6.51. The zero-order valence-electron chi connectivity index (χ0n) is 15.6. The van der Waals surface area contributed by atoms with Gasteiger partial charge in [-0.2, -0.15) is 0 Å². The number of anilines is 2. The number of likely N-dealkylation sites (tertiary alicyclic amines) is 1. The van der Waals surface area contributed by atoms with Crippen LogP contribution in [-0.2, 0) is 4.74 Å². The van der Waals surface area contributed by atoms with Crippen LogP contribution in [0.1, 0.15) is 53.5 Å². The first-order valence-electron chi connectivity index (χ1n) is 9.21. The van der Waals surface area contributed by atoms with Gasteiger partial charge in [0.1, 0.15) is 11.5 Å². The highest BCUT2D eigenvalue weighted by molar-refractivity contribution is 5.96. The van der Waals surface area contributed by atoms with Gasteiger partial charge >= 0.3 is 5.97 Å². The van der Waals surface area contributed by atoms with Crippen molar-refractivity contribution in [2.75, 3.05) is 19.0 Å². The van der Waals surface area contributed by atoms with Gasteiger partial charge in [0.25, 0.3) is 5.91 Å². The number of carbonyl (C=O) groups excluding carboxylic acids is 2. The van der Waals surface area contributed by atoms with Gasteiger partial charge in [0, 0.05) is 12.6 Å². The summed E-state index contributed by atoms with van der Waals surface area (Å²) in [4.78, 5) is 35.1. The smallest absolute Gasteiger partial charge is 0.339 e. The highest BCUT2D eigenvalue weighted by atomic mass is 16.5. The molecule has 1 aliphatic heterocycles. The highest BCUT2D eigenvalue weighted by Gasteiger charge is 2.27. The Bertz CT molecular complexity index is 807. The van der Waals surface area contributed by atoms with Crippen molar-refractivity contribution in [2.24, 2.45) is 0 Å². The molecule has 0 aliphatic carbocycles. The fourth-order valence-electron chi connectivity index (χ4n) is 3.36. The number of amides is 1. The molecule has 1 saturated heterocycles. The number of benzene rings is 1. The summed E-state index contributed by atoms with van der Waals surface area (Å²) in [6.45, 7) is 2.87. The Hall–Kier alpha value is -2.96. The molecule has 0 radical (unpaired) electrons. The summed E-state index contributed by atoms with van der Waals surface area (Å²) in [5.41, 5.74) is 1.31. The molecule has 3 rings (SSSR count). The van der Waals surface area contributed by atoms with Crippen LogP contribution in [0.15, 0.2) is 36.7 Å². The average Bonchev–Trinajstić information content (AvgIpc) is 2.73. The number of aromatic nitrogens is 2. The number of ether oxygens (including phenoxy) is 1. The summed E-state index contributed by atoms with van der Waals surface area (Å²) < 4.78 is 4.79. The molecule has 7 nitrogen and oxygen atoms in total. The predicted octanol–water partition coefficient (Wildman–Crippen LogP) is 3.41. The topological polar surface area (TPSA) is 84.4 Å². The van der Waals surface area contributed by atoms with E-state index in [-0.39, 0.29) is 11.9 Å². The van der Waals surface area contributed by atoms with Crippen molar-refractivity contribution in [2.45, 2.75) is 38.6 Å². The van der Waals surface area contributed by atoms with Gasteiger partial charge in [0.05, 0.1) is 30.8 Å². The number of esters is 1. The number of nitrogens with zero attached hydrogens (tertiary/aromatic N) is 3. The van der Waals surface area contributed by atoms with Crippen molar-refractivity contribution in [3.8, 4) is 0 Å². The number of carbonyl (C=O) groups is 2. The lowest BCUT2D eigenvalue weighted by Gasteiger charge is -2.34. The second-order valence-electron chi connectivity index (χ2n) is 6.51. The van der Waals surface area contributed by atoms with E-state index in [0.717, 1.165) is 32.2 Å². The molecule has 0 spiro atoms. The zero-order chi connectivity index (χ0) is 19.2. The molecule has 2 heterocycles. The lowest BCUT2D eigenvalue weighted by molar-refractivity contribution is 0.0594. The lowest BCUT2D eigenvalue weighted by atomic mass is 10.00. The molecule has 0 bridgehead atoms. The van der Waals surface area contributed by atoms with Gasteiger partial charge < -0.3 is 15.0 Å². The largest absolute Gasteiger partial charge is 0.465 e. The zero-order valence-corrected chi connectivity index (χ0v) is 15.6. The van der Waals surface area contributed by atoms with Gasteiger partial charge in [-0.15, -0.1) is 0 Å². The first kappa shape index (κ1) is 18.8. The van der Waals surface area contributed by atoms with E-state index < -0.39 is 5.97 Å². The Labute approximate surface area is 158 Å². The normalized spacial score (nSPS) is 16.7. The number of hydrogen-bond donors (Lipinski definition) is 1. The number of piperidine rings is 1. The quantitative estimate of drug-likeness (QED) is 0.814. The third kappa shape index (κ3) is 4.24. The summed E-state index contributed by atoms with van der Waals surface area (Å²) in [5, 5.41) is 3.05. The van der Waals surface area contributed by atoms with Crippen molar-refractivity contribution in [3.63, 3.8) is 0 Å². The first-order valence-corrected chi connectivity index (χ1v) is 9.21. The minimum Gasteiger partial charge on any atom is -0.465 e. The van der Waals surface area contributed by atoms with E-state index in [1.807, 2.05) is 4.90 Å². The van der Waals surface area contributed by atoms with Crippen LogP contribution in [0.2, 0.25) is 0 Å². The fourth-order valence-corrected chi connectivity index (χ4v) is 3.36. The van der Waals surface area contributed by atoms with Crippen LogP contribution in [0.4, 0.5) is 11.5 Å². The Kier molecular flexibility index (Phi) is 6.01. The Balaban J connectivity index is 1.74. The van der Waals surface area contributed by atoms with Crippen LogP contribution >= 0.6 is 0 Å². The SMILES string of the molecule is CCC1CCCCN1C(=O)c1cnc(Nc2ccccc2C(=O)OC)cn1. The van der Waals surface area contributed by atoms with Crippen LogP contribution < -0.4 is 5.32 Å². The number of nitrogens with one attached hydrogen (secondary N) is 1. The molecule has 1 unspecified atom stereocenters. The summed E-state index contributed by atoms with van der Waals surface area (Å²) in [5.74, 6) is -0.0577. The third-order valence-corrected chi connectivity index (χ3v) is 4.83. The van der Waals surface area contributed by atoms with Crippen LogP contribution in [0.5, 0.6) is 0 Å². The van der Waals surface area contributed by atoms with Crippen LogP contribution in [-0.4, -0.2) is 46.4 Å². The molecular weight excluding hydrogens is 344 g/mol. The van der Waals surface area contributed by atoms with E-state index >= 15 is 0 Å². The molecule has 1 fully saturated rings. The molecule has 0 saturated carbocycles. The number of rotatable bonds is 5. The second kappa shape index (κ2) is 8.62. The van der Waals surface area contributed by atoms with Crippen LogP contribution in [0.25, 0.3) is 0 Å². The monoisotopic (exact) mass is 368 g/mol. The summed E-state index contributed by atoms with van der Waals surface area (Å²) in [6.07, 6.45) is 7.16. The molecule has 1 amide bonds. The Morgan fingerprint density at radius 1 is 1.22 bits per heavy atom. The van der Waals surface area contributed by atoms with Gasteiger partial charge in [-0.25, -0.2) is 14.8 Å². The van der Waals surface area contributed by atoms with E-state index in [4.69, 9.17) is 4.74 Å². The van der Waals surface area contributed by atoms with Crippen LogP contribution in [0, 0.1) is 0 Å². The van der Waals surface area contributed by atoms with E-state index in [0.29, 0.717) is 22.8 Å². The minimum atomic E-state index is -0.437. The van der Waals surface area contributed by atoms with E-state index in [2.05, 4.69) is 22.2 Å². The predicted molar refractivity (Wildman–Crippen MR) is 102 cm³/mol. The molecule has 1 aromatic carbocycles. The highest BCUT2D eigenvalue weighted by Crippen LogP contribution is 2.22. The van der Waals surface area contributed by atoms with Gasteiger partial charge in [-0.05, 0) is 37.8 Å². The molecule has 1 atom stereocenters. The molecular formula is C20H24N4O3. The van der Waals surface area contributed by atoms with Gasteiger partial charge in [0.15, 0.2) is 0 Å². The average molecular weight is 368 g/mol. The standard InChI is InChI=1S/C20H24N4O3/c1-3-14-8-6-7-11-24(14)19(25)17-12-22-18(13-21-17)23-16-10-5-4-9-15(16)20(26)27-2/h4-5,9-10,12-14H,3,6-8,11H2,1-2H3,(H,22,23). The third-order valence-electron chi connectivity index (χ3n) is 4.83. The Morgan fingerprint density at radius 3 is 2.74 bits per heavy atom. The van der Waals surface area contributed by atoms with Gasteiger partial charge in [-0.3, -0.25) is 4.79 Å². The number of para-hydroxylation sites is 1.